The van der Waals surface area contributed by atoms with Gasteiger partial charge in [-0.1, -0.05) is 139 Å². The molecule has 0 aromatic heterocycles. The van der Waals surface area contributed by atoms with Crippen molar-refractivity contribution in [2.45, 2.75) is 49.6 Å². The van der Waals surface area contributed by atoms with Crippen molar-refractivity contribution in [3.63, 3.8) is 0 Å². The maximum atomic E-state index is 14.0. The van der Waals surface area contributed by atoms with Gasteiger partial charge in [0, 0.05) is 0 Å². The SMILES string of the molecule is Cc1ccc(S(=O)(=O)N[C@H](c2ccccc2)[C@@H](c2ccccc2)N(CCCc2ccccc2)CCCc2ccccc2)cc1. The van der Waals surface area contributed by atoms with E-state index in [2.05, 4.69) is 82.4 Å². The fourth-order valence-corrected chi connectivity index (χ4v) is 7.07. The van der Waals surface area contributed by atoms with Crippen LogP contribution in [0.1, 0.15) is 52.7 Å². The number of aryl methyl sites for hydroxylation is 3. The Kier molecular flexibility index (Phi) is 11.1. The van der Waals surface area contributed by atoms with Gasteiger partial charge in [-0.2, -0.15) is 0 Å². The fraction of sp³-hybridized carbons (Fsp3) is 0.231. The van der Waals surface area contributed by atoms with E-state index in [0.29, 0.717) is 0 Å². The minimum atomic E-state index is -3.81. The van der Waals surface area contributed by atoms with E-state index in [-0.39, 0.29) is 10.9 Å². The number of hydrogen-bond acceptors (Lipinski definition) is 3. The average molecular weight is 603 g/mol. The fourth-order valence-electron chi connectivity index (χ4n) is 5.84. The Morgan fingerprint density at radius 3 is 1.48 bits per heavy atom. The zero-order valence-corrected chi connectivity index (χ0v) is 26.2. The third-order valence-corrected chi connectivity index (χ3v) is 9.59. The maximum Gasteiger partial charge on any atom is 0.241 e. The van der Waals surface area contributed by atoms with Crippen LogP contribution in [0.25, 0.3) is 0 Å². The summed E-state index contributed by atoms with van der Waals surface area (Å²) in [5, 5.41) is 0. The third kappa shape index (κ3) is 8.76. The van der Waals surface area contributed by atoms with Crippen LogP contribution in [-0.2, 0) is 22.9 Å². The van der Waals surface area contributed by atoms with Gasteiger partial charge in [-0.05, 0) is 80.1 Å². The van der Waals surface area contributed by atoms with E-state index in [1.165, 1.54) is 11.1 Å². The number of nitrogens with zero attached hydrogens (tertiary/aromatic N) is 1. The molecule has 0 radical (unpaired) electrons. The van der Waals surface area contributed by atoms with E-state index in [9.17, 15) is 8.42 Å². The first kappa shape index (κ1) is 31.4. The molecule has 2 atom stereocenters. The van der Waals surface area contributed by atoms with Gasteiger partial charge in [-0.3, -0.25) is 4.90 Å². The highest BCUT2D eigenvalue weighted by Crippen LogP contribution is 2.36. The maximum absolute atomic E-state index is 14.0. The van der Waals surface area contributed by atoms with Gasteiger partial charge in [0.15, 0.2) is 0 Å². The van der Waals surface area contributed by atoms with Gasteiger partial charge in [0.25, 0.3) is 0 Å². The van der Waals surface area contributed by atoms with Crippen LogP contribution in [0.4, 0.5) is 0 Å². The molecule has 0 aliphatic heterocycles. The highest BCUT2D eigenvalue weighted by Gasteiger charge is 2.33. The predicted octanol–water partition coefficient (Wildman–Crippen LogP) is 8.32. The quantitative estimate of drug-likeness (QED) is 0.131. The molecule has 5 heteroatoms. The van der Waals surface area contributed by atoms with Crippen molar-refractivity contribution in [3.05, 3.63) is 173 Å². The van der Waals surface area contributed by atoms with Gasteiger partial charge in [0.05, 0.1) is 17.0 Å². The minimum absolute atomic E-state index is 0.217. The molecular formula is C39H42N2O2S. The number of rotatable bonds is 15. The molecule has 0 saturated heterocycles. The number of benzene rings is 5. The summed E-state index contributed by atoms with van der Waals surface area (Å²) < 4.78 is 31.1. The van der Waals surface area contributed by atoms with Gasteiger partial charge < -0.3 is 0 Å². The largest absolute Gasteiger partial charge is 0.294 e. The molecule has 0 saturated carbocycles. The van der Waals surface area contributed by atoms with Crippen molar-refractivity contribution in [1.82, 2.24) is 9.62 Å². The van der Waals surface area contributed by atoms with Crippen molar-refractivity contribution >= 4 is 10.0 Å². The Bertz CT molecular complexity index is 1600. The van der Waals surface area contributed by atoms with E-state index in [0.717, 1.165) is 55.5 Å². The van der Waals surface area contributed by atoms with Crippen LogP contribution in [0.2, 0.25) is 0 Å². The number of sulfonamides is 1. The minimum Gasteiger partial charge on any atom is -0.294 e. The number of hydrogen-bond donors (Lipinski definition) is 1. The topological polar surface area (TPSA) is 49.4 Å². The van der Waals surface area contributed by atoms with Crippen LogP contribution in [-0.4, -0.2) is 26.4 Å². The summed E-state index contributed by atoms with van der Waals surface area (Å²) in [6.07, 6.45) is 3.85. The van der Waals surface area contributed by atoms with E-state index < -0.39 is 16.1 Å². The van der Waals surface area contributed by atoms with Gasteiger partial charge in [-0.25, -0.2) is 13.1 Å². The lowest BCUT2D eigenvalue weighted by atomic mass is 9.92. The third-order valence-electron chi connectivity index (χ3n) is 8.13. The Labute approximate surface area is 263 Å². The monoisotopic (exact) mass is 602 g/mol. The second-order valence-electron chi connectivity index (χ2n) is 11.4. The second kappa shape index (κ2) is 15.6. The molecule has 0 aliphatic carbocycles. The summed E-state index contributed by atoms with van der Waals surface area (Å²) in [4.78, 5) is 2.77. The average Bonchev–Trinajstić information content (AvgIpc) is 3.06. The summed E-state index contributed by atoms with van der Waals surface area (Å²) in [7, 11) is -3.81. The first-order chi connectivity index (χ1) is 21.5. The summed E-state index contributed by atoms with van der Waals surface area (Å²) in [6, 6.07) is 47.9. The molecule has 0 fully saturated rings. The van der Waals surface area contributed by atoms with Gasteiger partial charge >= 0.3 is 0 Å². The Hall–Kier alpha value is -4.03. The summed E-state index contributed by atoms with van der Waals surface area (Å²) in [5.41, 5.74) is 5.68. The first-order valence-electron chi connectivity index (χ1n) is 15.5. The molecule has 0 spiro atoms. The molecule has 44 heavy (non-hydrogen) atoms. The van der Waals surface area contributed by atoms with Gasteiger partial charge in [0.1, 0.15) is 0 Å². The standard InChI is InChI=1S/C39H42N2O2S/c1-32-26-28-37(29-27-32)44(42,43)40-38(35-22-10-4-11-23-35)39(36-24-12-5-13-25-36)41(30-14-20-33-16-6-2-7-17-33)31-15-21-34-18-8-3-9-19-34/h2-13,16-19,22-29,38-40H,14-15,20-21,30-31H2,1H3/t38-,39-/m1/s1. The van der Waals surface area contributed by atoms with Crippen molar-refractivity contribution < 1.29 is 8.42 Å². The van der Waals surface area contributed by atoms with Crippen molar-refractivity contribution in [2.75, 3.05) is 13.1 Å². The van der Waals surface area contributed by atoms with Crippen LogP contribution >= 0.6 is 0 Å². The van der Waals surface area contributed by atoms with Crippen molar-refractivity contribution in [2.24, 2.45) is 0 Å². The van der Waals surface area contributed by atoms with Gasteiger partial charge in [0.2, 0.25) is 10.0 Å². The summed E-state index contributed by atoms with van der Waals surface area (Å²) in [5.74, 6) is 0. The van der Waals surface area contributed by atoms with Crippen LogP contribution in [0.15, 0.2) is 150 Å². The molecule has 226 valence electrons. The zero-order chi connectivity index (χ0) is 30.6. The molecule has 5 aromatic carbocycles. The molecule has 5 aromatic rings. The molecule has 0 aliphatic rings. The van der Waals surface area contributed by atoms with Crippen LogP contribution in [0.3, 0.4) is 0 Å². The van der Waals surface area contributed by atoms with Crippen molar-refractivity contribution in [1.29, 1.82) is 0 Å². The lowest BCUT2D eigenvalue weighted by Gasteiger charge is -2.38. The van der Waals surface area contributed by atoms with E-state index in [4.69, 9.17) is 0 Å². The molecule has 0 unspecified atom stereocenters. The summed E-state index contributed by atoms with van der Waals surface area (Å²) in [6.45, 7) is 3.63. The normalized spacial score (nSPS) is 13.0. The predicted molar refractivity (Wildman–Crippen MR) is 181 cm³/mol. The smallest absolute Gasteiger partial charge is 0.241 e. The molecule has 1 N–H and O–H groups in total. The van der Waals surface area contributed by atoms with Crippen LogP contribution in [0.5, 0.6) is 0 Å². The first-order valence-corrected chi connectivity index (χ1v) is 17.0. The molecule has 0 amide bonds. The highest BCUT2D eigenvalue weighted by atomic mass is 32.2. The molecule has 4 nitrogen and oxygen atoms in total. The van der Waals surface area contributed by atoms with Crippen LogP contribution in [0, 0.1) is 6.92 Å². The highest BCUT2D eigenvalue weighted by molar-refractivity contribution is 7.89. The lowest BCUT2D eigenvalue weighted by molar-refractivity contribution is 0.161. The molecule has 0 heterocycles. The van der Waals surface area contributed by atoms with Crippen LogP contribution < -0.4 is 4.72 Å². The van der Waals surface area contributed by atoms with E-state index in [1.807, 2.05) is 67.6 Å². The van der Waals surface area contributed by atoms with E-state index >= 15 is 0 Å². The Balaban J connectivity index is 1.51. The number of nitrogens with one attached hydrogen (secondary N) is 1. The Morgan fingerprint density at radius 2 is 1.00 bits per heavy atom. The Morgan fingerprint density at radius 1 is 0.568 bits per heavy atom. The summed E-state index contributed by atoms with van der Waals surface area (Å²) >= 11 is 0. The molecule has 5 rings (SSSR count). The van der Waals surface area contributed by atoms with Gasteiger partial charge in [-0.15, -0.1) is 0 Å². The van der Waals surface area contributed by atoms with E-state index in [1.54, 1.807) is 12.1 Å². The lowest BCUT2D eigenvalue weighted by Crippen LogP contribution is -2.42. The molecular weight excluding hydrogens is 561 g/mol. The molecule has 0 bridgehead atoms. The van der Waals surface area contributed by atoms with Crippen molar-refractivity contribution in [3.8, 4) is 0 Å². The second-order valence-corrected chi connectivity index (χ2v) is 13.1. The zero-order valence-electron chi connectivity index (χ0n) is 25.4.